The van der Waals surface area contributed by atoms with Gasteiger partial charge in [-0.25, -0.2) is 0 Å². The Hall–Kier alpha value is -2.34. The second kappa shape index (κ2) is 6.72. The normalized spacial score (nSPS) is 10.3. The zero-order valence-corrected chi connectivity index (χ0v) is 11.3. The van der Waals surface area contributed by atoms with E-state index in [0.29, 0.717) is 35.1 Å². The first-order valence-corrected chi connectivity index (χ1v) is 5.96. The maximum absolute atomic E-state index is 11.0. The van der Waals surface area contributed by atoms with Gasteiger partial charge in [0.2, 0.25) is 0 Å². The summed E-state index contributed by atoms with van der Waals surface area (Å²) in [6.07, 6.45) is 0.719. The van der Waals surface area contributed by atoms with Gasteiger partial charge in [-0.05, 0) is 18.2 Å². The number of aromatic nitrogens is 1. The number of carbonyl (C=O) groups excluding carboxylic acids is 1. The number of carbonyl (C=O) groups is 1. The number of ether oxygens (including phenoxy) is 3. The lowest BCUT2D eigenvalue weighted by Gasteiger charge is -2.08. The number of rotatable bonds is 7. The Balaban J connectivity index is 2.04. The number of aldehydes is 1. The maximum Gasteiger partial charge on any atom is 0.162 e. The molecule has 0 saturated carbocycles. The van der Waals surface area contributed by atoms with Crippen LogP contribution in [0.3, 0.4) is 0 Å². The average Bonchev–Trinajstić information content (AvgIpc) is 2.93. The Morgan fingerprint density at radius 3 is 2.80 bits per heavy atom. The van der Waals surface area contributed by atoms with E-state index in [1.807, 2.05) is 0 Å². The molecular weight excluding hydrogens is 262 g/mol. The number of hydrogen-bond donors (Lipinski definition) is 0. The van der Waals surface area contributed by atoms with Crippen LogP contribution in [-0.2, 0) is 18.0 Å². The third kappa shape index (κ3) is 3.36. The zero-order chi connectivity index (χ0) is 14.4. The molecule has 0 N–H and O–H groups in total. The number of hydrogen-bond acceptors (Lipinski definition) is 6. The molecule has 0 aliphatic carbocycles. The standard InChI is InChI=1S/C14H15NO5/c1-17-9-13-6-11(15-20-13)8-19-14-4-3-12(18-2)5-10(14)7-16/h3-7H,8-9H2,1-2H3. The van der Waals surface area contributed by atoms with Gasteiger partial charge in [-0.1, -0.05) is 5.16 Å². The van der Waals surface area contributed by atoms with Crippen LogP contribution in [0.1, 0.15) is 21.8 Å². The lowest BCUT2D eigenvalue weighted by Crippen LogP contribution is -1.99. The summed E-state index contributed by atoms with van der Waals surface area (Å²) in [5.41, 5.74) is 1.05. The van der Waals surface area contributed by atoms with Crippen LogP contribution in [0.4, 0.5) is 0 Å². The van der Waals surface area contributed by atoms with Crippen molar-refractivity contribution in [1.82, 2.24) is 5.16 Å². The van der Waals surface area contributed by atoms with Crippen LogP contribution >= 0.6 is 0 Å². The van der Waals surface area contributed by atoms with Crippen molar-refractivity contribution in [2.75, 3.05) is 14.2 Å². The highest BCUT2D eigenvalue weighted by molar-refractivity contribution is 5.80. The summed E-state index contributed by atoms with van der Waals surface area (Å²) in [5, 5.41) is 3.85. The summed E-state index contributed by atoms with van der Waals surface area (Å²) in [6.45, 7) is 0.565. The molecule has 2 rings (SSSR count). The van der Waals surface area contributed by atoms with Crippen molar-refractivity contribution < 1.29 is 23.5 Å². The molecular formula is C14H15NO5. The Morgan fingerprint density at radius 2 is 2.10 bits per heavy atom. The topological polar surface area (TPSA) is 70.8 Å². The summed E-state index contributed by atoms with van der Waals surface area (Å²) >= 11 is 0. The van der Waals surface area contributed by atoms with E-state index in [4.69, 9.17) is 18.7 Å². The molecule has 1 aromatic carbocycles. The van der Waals surface area contributed by atoms with E-state index in [1.54, 1.807) is 31.4 Å². The Labute approximate surface area is 116 Å². The molecule has 0 fully saturated rings. The van der Waals surface area contributed by atoms with Gasteiger partial charge in [-0.15, -0.1) is 0 Å². The molecule has 6 heteroatoms. The Bertz CT molecular complexity index is 579. The van der Waals surface area contributed by atoms with Gasteiger partial charge in [0, 0.05) is 13.2 Å². The van der Waals surface area contributed by atoms with Crippen LogP contribution < -0.4 is 9.47 Å². The second-order valence-electron chi connectivity index (χ2n) is 4.03. The fourth-order valence-electron chi connectivity index (χ4n) is 1.66. The van der Waals surface area contributed by atoms with Gasteiger partial charge >= 0.3 is 0 Å². The van der Waals surface area contributed by atoms with Crippen LogP contribution in [0, 0.1) is 0 Å². The van der Waals surface area contributed by atoms with E-state index in [2.05, 4.69) is 5.16 Å². The van der Waals surface area contributed by atoms with Gasteiger partial charge in [0.1, 0.15) is 30.4 Å². The van der Waals surface area contributed by atoms with Crippen LogP contribution in [0.5, 0.6) is 11.5 Å². The molecule has 0 aliphatic heterocycles. The molecule has 0 aliphatic rings. The average molecular weight is 277 g/mol. The van der Waals surface area contributed by atoms with E-state index in [1.165, 1.54) is 7.11 Å². The predicted molar refractivity (Wildman–Crippen MR) is 69.9 cm³/mol. The minimum Gasteiger partial charge on any atom is -0.497 e. The van der Waals surface area contributed by atoms with Crippen LogP contribution in [0.2, 0.25) is 0 Å². The Morgan fingerprint density at radius 1 is 1.25 bits per heavy atom. The van der Waals surface area contributed by atoms with Crippen molar-refractivity contribution in [2.45, 2.75) is 13.2 Å². The fourth-order valence-corrected chi connectivity index (χ4v) is 1.66. The lowest BCUT2D eigenvalue weighted by atomic mass is 10.2. The molecule has 0 amide bonds. The molecule has 0 radical (unpaired) electrons. The minimum absolute atomic E-state index is 0.209. The number of methoxy groups -OCH3 is 2. The molecule has 1 heterocycles. The van der Waals surface area contributed by atoms with Crippen molar-refractivity contribution in [2.24, 2.45) is 0 Å². The monoisotopic (exact) mass is 277 g/mol. The molecule has 6 nitrogen and oxygen atoms in total. The van der Waals surface area contributed by atoms with Gasteiger partial charge in [0.25, 0.3) is 0 Å². The van der Waals surface area contributed by atoms with E-state index in [-0.39, 0.29) is 6.61 Å². The minimum atomic E-state index is 0.209. The predicted octanol–water partition coefficient (Wildman–Crippen LogP) is 2.22. The van der Waals surface area contributed by atoms with Gasteiger partial charge in [-0.2, -0.15) is 0 Å². The first kappa shape index (κ1) is 14.1. The summed E-state index contributed by atoms with van der Waals surface area (Å²) < 4.78 is 20.6. The van der Waals surface area contributed by atoms with Crippen LogP contribution in [0.25, 0.3) is 0 Å². The Kier molecular flexibility index (Phi) is 4.73. The molecule has 106 valence electrons. The van der Waals surface area contributed by atoms with E-state index in [9.17, 15) is 4.79 Å². The van der Waals surface area contributed by atoms with E-state index in [0.717, 1.165) is 6.29 Å². The molecule has 1 aromatic heterocycles. The van der Waals surface area contributed by atoms with Gasteiger partial charge < -0.3 is 18.7 Å². The summed E-state index contributed by atoms with van der Waals surface area (Å²) in [5.74, 6) is 1.69. The highest BCUT2D eigenvalue weighted by Gasteiger charge is 2.08. The first-order valence-electron chi connectivity index (χ1n) is 5.96. The number of benzene rings is 1. The van der Waals surface area contributed by atoms with Crippen molar-refractivity contribution >= 4 is 6.29 Å². The van der Waals surface area contributed by atoms with Crippen LogP contribution in [0.15, 0.2) is 28.8 Å². The number of nitrogens with zero attached hydrogens (tertiary/aromatic N) is 1. The summed E-state index contributed by atoms with van der Waals surface area (Å²) in [7, 11) is 3.11. The highest BCUT2D eigenvalue weighted by Crippen LogP contribution is 2.23. The third-order valence-electron chi connectivity index (χ3n) is 2.61. The van der Waals surface area contributed by atoms with Crippen molar-refractivity contribution in [1.29, 1.82) is 0 Å². The molecule has 0 saturated heterocycles. The SMILES string of the molecule is COCc1cc(COc2ccc(OC)cc2C=O)no1. The van der Waals surface area contributed by atoms with Crippen molar-refractivity contribution in [3.63, 3.8) is 0 Å². The van der Waals surface area contributed by atoms with Gasteiger partial charge in [0.15, 0.2) is 12.0 Å². The van der Waals surface area contributed by atoms with Gasteiger partial charge in [0.05, 0.1) is 12.7 Å². The van der Waals surface area contributed by atoms with Gasteiger partial charge in [-0.3, -0.25) is 4.79 Å². The highest BCUT2D eigenvalue weighted by atomic mass is 16.5. The maximum atomic E-state index is 11.0. The molecule has 2 aromatic rings. The zero-order valence-electron chi connectivity index (χ0n) is 11.3. The van der Waals surface area contributed by atoms with Crippen molar-refractivity contribution in [3.05, 3.63) is 41.3 Å². The fraction of sp³-hybridized carbons (Fsp3) is 0.286. The molecule has 0 unspecified atom stereocenters. The lowest BCUT2D eigenvalue weighted by molar-refractivity contribution is 0.111. The molecule has 0 spiro atoms. The smallest absolute Gasteiger partial charge is 0.162 e. The summed E-state index contributed by atoms with van der Waals surface area (Å²) in [6, 6.07) is 6.76. The molecule has 20 heavy (non-hydrogen) atoms. The second-order valence-corrected chi connectivity index (χ2v) is 4.03. The molecule has 0 atom stereocenters. The molecule has 0 bridgehead atoms. The quantitative estimate of drug-likeness (QED) is 0.723. The van der Waals surface area contributed by atoms with Crippen LogP contribution in [-0.4, -0.2) is 25.7 Å². The summed E-state index contributed by atoms with van der Waals surface area (Å²) in [4.78, 5) is 11.0. The largest absolute Gasteiger partial charge is 0.497 e. The van der Waals surface area contributed by atoms with Crippen molar-refractivity contribution in [3.8, 4) is 11.5 Å². The van der Waals surface area contributed by atoms with E-state index >= 15 is 0 Å². The third-order valence-corrected chi connectivity index (χ3v) is 2.61. The first-order chi connectivity index (χ1) is 9.76. The van der Waals surface area contributed by atoms with E-state index < -0.39 is 0 Å².